The second kappa shape index (κ2) is 9.72. The van der Waals surface area contributed by atoms with E-state index in [9.17, 15) is 4.79 Å². The van der Waals surface area contributed by atoms with Crippen LogP contribution in [0.1, 0.15) is 17.2 Å². The molecule has 1 fully saturated rings. The van der Waals surface area contributed by atoms with Crippen LogP contribution >= 0.6 is 0 Å². The van der Waals surface area contributed by atoms with Gasteiger partial charge in [-0.05, 0) is 29.8 Å². The zero-order chi connectivity index (χ0) is 18.9. The number of amides is 1. The first-order chi connectivity index (χ1) is 13.2. The van der Waals surface area contributed by atoms with E-state index in [0.29, 0.717) is 11.3 Å². The lowest BCUT2D eigenvalue weighted by molar-refractivity contribution is -0.909. The highest BCUT2D eigenvalue weighted by Crippen LogP contribution is 2.13. The van der Waals surface area contributed by atoms with Gasteiger partial charge in [-0.3, -0.25) is 4.79 Å². The van der Waals surface area contributed by atoms with Gasteiger partial charge in [-0.1, -0.05) is 30.3 Å². The van der Waals surface area contributed by atoms with Gasteiger partial charge in [0, 0.05) is 0 Å². The summed E-state index contributed by atoms with van der Waals surface area (Å²) in [5, 5.41) is 11.9. The highest BCUT2D eigenvalue weighted by atomic mass is 16.5. The standard InChI is InChI=1S/C21H23N3O3/c22-14-17-6-8-19(9-7-17)27-16-21(25)23-20(18-4-2-1-3-5-18)15-24-10-12-26-13-11-24/h1-9,20H,10-13,15-16H2,(H,23,25)/p+1/t20-/m1/s1. The molecule has 6 heteroatoms. The van der Waals surface area contributed by atoms with E-state index in [-0.39, 0.29) is 18.6 Å². The molecule has 1 atom stereocenters. The molecule has 0 aliphatic carbocycles. The summed E-state index contributed by atoms with van der Waals surface area (Å²) in [4.78, 5) is 13.9. The van der Waals surface area contributed by atoms with Crippen molar-refractivity contribution in [2.75, 3.05) is 39.5 Å². The van der Waals surface area contributed by atoms with Crippen LogP contribution in [-0.4, -0.2) is 45.4 Å². The van der Waals surface area contributed by atoms with Crippen molar-refractivity contribution in [3.05, 3.63) is 65.7 Å². The molecule has 3 rings (SSSR count). The van der Waals surface area contributed by atoms with Gasteiger partial charge in [-0.2, -0.15) is 5.26 Å². The summed E-state index contributed by atoms with van der Waals surface area (Å²) in [5.41, 5.74) is 1.65. The molecule has 1 aliphatic heterocycles. The predicted molar refractivity (Wildman–Crippen MR) is 100 cm³/mol. The lowest BCUT2D eigenvalue weighted by atomic mass is 10.1. The van der Waals surface area contributed by atoms with E-state index in [0.717, 1.165) is 38.4 Å². The van der Waals surface area contributed by atoms with Gasteiger partial charge in [0.1, 0.15) is 31.4 Å². The van der Waals surface area contributed by atoms with E-state index in [4.69, 9.17) is 14.7 Å². The Morgan fingerprint density at radius 1 is 1.15 bits per heavy atom. The molecule has 2 aromatic rings. The van der Waals surface area contributed by atoms with Crippen LogP contribution in [0.3, 0.4) is 0 Å². The van der Waals surface area contributed by atoms with Gasteiger partial charge in [-0.25, -0.2) is 0 Å². The van der Waals surface area contributed by atoms with E-state index in [2.05, 4.69) is 11.4 Å². The third-order valence-electron chi connectivity index (χ3n) is 4.58. The molecule has 1 amide bonds. The quantitative estimate of drug-likeness (QED) is 0.757. The molecule has 6 nitrogen and oxygen atoms in total. The molecule has 2 N–H and O–H groups in total. The third-order valence-corrected chi connectivity index (χ3v) is 4.58. The number of carbonyl (C=O) groups is 1. The second-order valence-electron chi connectivity index (χ2n) is 6.52. The number of ether oxygens (including phenoxy) is 2. The molecule has 2 aromatic carbocycles. The summed E-state index contributed by atoms with van der Waals surface area (Å²) in [7, 11) is 0. The number of morpholine rings is 1. The number of hydrogen-bond acceptors (Lipinski definition) is 4. The summed E-state index contributed by atoms with van der Waals surface area (Å²) >= 11 is 0. The zero-order valence-corrected chi connectivity index (χ0v) is 15.2. The normalized spacial score (nSPS) is 15.5. The van der Waals surface area contributed by atoms with Gasteiger partial charge in [-0.15, -0.1) is 0 Å². The smallest absolute Gasteiger partial charge is 0.258 e. The molecule has 0 unspecified atom stereocenters. The van der Waals surface area contributed by atoms with Crippen molar-refractivity contribution in [1.82, 2.24) is 5.32 Å². The average molecular weight is 366 g/mol. The molecule has 0 bridgehead atoms. The van der Waals surface area contributed by atoms with Crippen molar-refractivity contribution in [1.29, 1.82) is 5.26 Å². The van der Waals surface area contributed by atoms with Crippen LogP contribution in [0.5, 0.6) is 5.75 Å². The van der Waals surface area contributed by atoms with Crippen LogP contribution in [0.25, 0.3) is 0 Å². The van der Waals surface area contributed by atoms with Crippen molar-refractivity contribution < 1.29 is 19.2 Å². The van der Waals surface area contributed by atoms with Crippen molar-refractivity contribution in [2.45, 2.75) is 6.04 Å². The Bertz CT molecular complexity index is 766. The largest absolute Gasteiger partial charge is 0.484 e. The number of quaternary nitrogens is 1. The summed E-state index contributed by atoms with van der Waals surface area (Å²) in [6.45, 7) is 4.16. The molecule has 0 aromatic heterocycles. The Hall–Kier alpha value is -2.88. The molecule has 1 heterocycles. The topological polar surface area (TPSA) is 75.8 Å². The zero-order valence-electron chi connectivity index (χ0n) is 15.2. The number of carbonyl (C=O) groups excluding carboxylic acids is 1. The molecular formula is C21H24N3O3+. The van der Waals surface area contributed by atoms with Crippen molar-refractivity contribution in [3.8, 4) is 11.8 Å². The van der Waals surface area contributed by atoms with Gasteiger partial charge in [0.05, 0.1) is 24.8 Å². The Labute approximate surface area is 159 Å². The Morgan fingerprint density at radius 3 is 2.52 bits per heavy atom. The third kappa shape index (κ3) is 5.81. The predicted octanol–water partition coefficient (Wildman–Crippen LogP) is 0.710. The van der Waals surface area contributed by atoms with E-state index in [1.54, 1.807) is 24.3 Å². The molecule has 140 valence electrons. The number of nitrogens with one attached hydrogen (secondary N) is 2. The maximum absolute atomic E-state index is 12.4. The van der Waals surface area contributed by atoms with Crippen LogP contribution in [0.15, 0.2) is 54.6 Å². The molecular weight excluding hydrogens is 342 g/mol. The Kier molecular flexibility index (Phi) is 6.80. The highest BCUT2D eigenvalue weighted by Gasteiger charge is 2.23. The average Bonchev–Trinajstić information content (AvgIpc) is 2.73. The van der Waals surface area contributed by atoms with Gasteiger partial charge in [0.2, 0.25) is 0 Å². The molecule has 0 spiro atoms. The van der Waals surface area contributed by atoms with Gasteiger partial charge >= 0.3 is 0 Å². The first-order valence-electron chi connectivity index (χ1n) is 9.13. The van der Waals surface area contributed by atoms with E-state index >= 15 is 0 Å². The van der Waals surface area contributed by atoms with Gasteiger partial charge in [0.25, 0.3) is 5.91 Å². The SMILES string of the molecule is N#Cc1ccc(OCC(=O)N[C@H](C[NH+]2CCOCC2)c2ccccc2)cc1. The Morgan fingerprint density at radius 2 is 1.85 bits per heavy atom. The molecule has 27 heavy (non-hydrogen) atoms. The number of hydrogen-bond donors (Lipinski definition) is 2. The van der Waals surface area contributed by atoms with Gasteiger partial charge < -0.3 is 19.7 Å². The van der Waals surface area contributed by atoms with Crippen LogP contribution in [0.2, 0.25) is 0 Å². The fourth-order valence-electron chi connectivity index (χ4n) is 3.10. The van der Waals surface area contributed by atoms with Crippen LogP contribution in [-0.2, 0) is 9.53 Å². The number of nitriles is 1. The fourth-order valence-corrected chi connectivity index (χ4v) is 3.10. The molecule has 1 aliphatic rings. The summed E-state index contributed by atoms with van der Waals surface area (Å²) in [5.74, 6) is 0.403. The summed E-state index contributed by atoms with van der Waals surface area (Å²) < 4.78 is 11.0. The fraction of sp³-hybridized carbons (Fsp3) is 0.333. The monoisotopic (exact) mass is 366 g/mol. The van der Waals surface area contributed by atoms with Crippen molar-refractivity contribution >= 4 is 5.91 Å². The maximum Gasteiger partial charge on any atom is 0.258 e. The van der Waals surface area contributed by atoms with E-state index < -0.39 is 0 Å². The molecule has 0 saturated carbocycles. The lowest BCUT2D eigenvalue weighted by Gasteiger charge is -2.28. The van der Waals surface area contributed by atoms with Gasteiger partial charge in [0.15, 0.2) is 6.61 Å². The molecule has 0 radical (unpaired) electrons. The van der Waals surface area contributed by atoms with Crippen molar-refractivity contribution in [3.63, 3.8) is 0 Å². The minimum Gasteiger partial charge on any atom is -0.484 e. The van der Waals surface area contributed by atoms with Crippen LogP contribution < -0.4 is 15.0 Å². The first kappa shape index (κ1) is 18.9. The minimum atomic E-state index is -0.166. The number of nitrogens with zero attached hydrogens (tertiary/aromatic N) is 1. The van der Waals surface area contributed by atoms with E-state index in [1.165, 1.54) is 4.90 Å². The number of benzene rings is 2. The van der Waals surface area contributed by atoms with E-state index in [1.807, 2.05) is 30.3 Å². The summed E-state index contributed by atoms with van der Waals surface area (Å²) in [6, 6.07) is 18.7. The van der Waals surface area contributed by atoms with Crippen molar-refractivity contribution in [2.24, 2.45) is 0 Å². The highest BCUT2D eigenvalue weighted by molar-refractivity contribution is 5.78. The van der Waals surface area contributed by atoms with Crippen LogP contribution in [0, 0.1) is 11.3 Å². The Balaban J connectivity index is 1.58. The lowest BCUT2D eigenvalue weighted by Crippen LogP contribution is -3.14. The number of rotatable bonds is 7. The van der Waals surface area contributed by atoms with Crippen LogP contribution in [0.4, 0.5) is 0 Å². The first-order valence-corrected chi connectivity index (χ1v) is 9.13. The second-order valence-corrected chi connectivity index (χ2v) is 6.52. The molecule has 1 saturated heterocycles. The maximum atomic E-state index is 12.4. The summed E-state index contributed by atoms with van der Waals surface area (Å²) in [6.07, 6.45) is 0. The minimum absolute atomic E-state index is 0.0618.